The molecule has 0 unspecified atom stereocenters. The first-order chi connectivity index (χ1) is 8.44. The SMILES string of the molecule is Cc1ccc(N(C)CCCCC(C)(C)C#N)cc1. The number of hydrogen-bond donors (Lipinski definition) is 0. The molecule has 0 bridgehead atoms. The highest BCUT2D eigenvalue weighted by Gasteiger charge is 2.15. The molecule has 0 aliphatic heterocycles. The van der Waals surface area contributed by atoms with Crippen LogP contribution in [0.15, 0.2) is 24.3 Å². The number of hydrogen-bond acceptors (Lipinski definition) is 2. The quantitative estimate of drug-likeness (QED) is 0.703. The lowest BCUT2D eigenvalue weighted by Crippen LogP contribution is -2.19. The van der Waals surface area contributed by atoms with E-state index in [2.05, 4.69) is 49.2 Å². The van der Waals surface area contributed by atoms with Crippen molar-refractivity contribution in [3.63, 3.8) is 0 Å². The van der Waals surface area contributed by atoms with Gasteiger partial charge in [0.1, 0.15) is 0 Å². The molecular weight excluding hydrogens is 220 g/mol. The molecule has 0 atom stereocenters. The second kappa shape index (κ2) is 6.44. The van der Waals surface area contributed by atoms with Gasteiger partial charge in [0.2, 0.25) is 0 Å². The average Bonchev–Trinajstić information content (AvgIpc) is 2.35. The largest absolute Gasteiger partial charge is 0.375 e. The second-order valence-electron chi connectivity index (χ2n) is 5.71. The summed E-state index contributed by atoms with van der Waals surface area (Å²) in [5.41, 5.74) is 2.38. The van der Waals surface area contributed by atoms with Crippen molar-refractivity contribution in [3.05, 3.63) is 29.8 Å². The van der Waals surface area contributed by atoms with Gasteiger partial charge in [-0.3, -0.25) is 0 Å². The van der Waals surface area contributed by atoms with Gasteiger partial charge >= 0.3 is 0 Å². The standard InChI is InChI=1S/C16H24N2/c1-14-7-9-15(10-8-14)18(4)12-6-5-11-16(2,3)13-17/h7-10H,5-6,11-12H2,1-4H3. The van der Waals surface area contributed by atoms with E-state index in [0.29, 0.717) is 0 Å². The Balaban J connectivity index is 2.32. The fourth-order valence-corrected chi connectivity index (χ4v) is 1.90. The molecule has 1 aromatic rings. The van der Waals surface area contributed by atoms with Crippen LogP contribution >= 0.6 is 0 Å². The van der Waals surface area contributed by atoms with Crippen molar-refractivity contribution in [2.24, 2.45) is 5.41 Å². The molecule has 0 aliphatic rings. The Morgan fingerprint density at radius 1 is 1.17 bits per heavy atom. The molecule has 0 saturated carbocycles. The molecule has 0 spiro atoms. The van der Waals surface area contributed by atoms with Gasteiger partial charge in [-0.1, -0.05) is 24.1 Å². The van der Waals surface area contributed by atoms with Crippen LogP contribution in [0.4, 0.5) is 5.69 Å². The van der Waals surface area contributed by atoms with Crippen LogP contribution in [0.25, 0.3) is 0 Å². The van der Waals surface area contributed by atoms with Gasteiger partial charge < -0.3 is 4.90 Å². The van der Waals surface area contributed by atoms with Crippen LogP contribution in [0.2, 0.25) is 0 Å². The predicted molar refractivity (Wildman–Crippen MR) is 77.7 cm³/mol. The van der Waals surface area contributed by atoms with E-state index in [1.165, 1.54) is 11.3 Å². The van der Waals surface area contributed by atoms with Gasteiger partial charge in [-0.25, -0.2) is 0 Å². The summed E-state index contributed by atoms with van der Waals surface area (Å²) in [6.07, 6.45) is 3.22. The predicted octanol–water partition coefficient (Wildman–Crippen LogP) is 4.15. The molecule has 2 heteroatoms. The van der Waals surface area contributed by atoms with E-state index >= 15 is 0 Å². The summed E-state index contributed by atoms with van der Waals surface area (Å²) in [4.78, 5) is 2.28. The van der Waals surface area contributed by atoms with Gasteiger partial charge in [0.15, 0.2) is 0 Å². The Bertz CT molecular complexity index is 398. The smallest absolute Gasteiger partial charge is 0.0683 e. The number of anilines is 1. The summed E-state index contributed by atoms with van der Waals surface area (Å²) < 4.78 is 0. The van der Waals surface area contributed by atoms with Gasteiger partial charge in [-0.2, -0.15) is 5.26 Å². The zero-order valence-electron chi connectivity index (χ0n) is 12.0. The lowest BCUT2D eigenvalue weighted by Gasteiger charge is -2.20. The first kappa shape index (κ1) is 14.6. The molecule has 0 heterocycles. The summed E-state index contributed by atoms with van der Waals surface area (Å²) in [7, 11) is 2.13. The van der Waals surface area contributed by atoms with Crippen molar-refractivity contribution >= 4 is 5.69 Å². The van der Waals surface area contributed by atoms with E-state index in [4.69, 9.17) is 5.26 Å². The molecule has 0 aliphatic carbocycles. The summed E-state index contributed by atoms with van der Waals surface area (Å²) >= 11 is 0. The summed E-state index contributed by atoms with van der Waals surface area (Å²) in [5, 5.41) is 8.95. The maximum absolute atomic E-state index is 8.95. The Hall–Kier alpha value is -1.49. The van der Waals surface area contributed by atoms with Crippen molar-refractivity contribution in [1.82, 2.24) is 0 Å². The second-order valence-corrected chi connectivity index (χ2v) is 5.71. The maximum atomic E-state index is 8.95. The van der Waals surface area contributed by atoms with Crippen molar-refractivity contribution in [2.75, 3.05) is 18.5 Å². The van der Waals surface area contributed by atoms with Crippen LogP contribution in [-0.4, -0.2) is 13.6 Å². The lowest BCUT2D eigenvalue weighted by molar-refractivity contribution is 0.427. The van der Waals surface area contributed by atoms with Crippen LogP contribution in [0, 0.1) is 23.7 Å². The molecule has 0 radical (unpaired) electrons. The summed E-state index contributed by atoms with van der Waals surface area (Å²) in [6, 6.07) is 11.0. The minimum Gasteiger partial charge on any atom is -0.375 e. The molecule has 1 aromatic carbocycles. The molecule has 0 saturated heterocycles. The number of benzene rings is 1. The maximum Gasteiger partial charge on any atom is 0.0683 e. The number of aryl methyl sites for hydroxylation is 1. The first-order valence-electron chi connectivity index (χ1n) is 6.64. The molecule has 18 heavy (non-hydrogen) atoms. The Labute approximate surface area is 111 Å². The van der Waals surface area contributed by atoms with Gasteiger partial charge in [-0.15, -0.1) is 0 Å². The van der Waals surface area contributed by atoms with E-state index in [9.17, 15) is 0 Å². The molecule has 0 fully saturated rings. The molecule has 0 amide bonds. The van der Waals surface area contributed by atoms with E-state index < -0.39 is 0 Å². The third-order valence-electron chi connectivity index (χ3n) is 3.32. The third-order valence-corrected chi connectivity index (χ3v) is 3.32. The fraction of sp³-hybridized carbons (Fsp3) is 0.562. The number of rotatable bonds is 6. The van der Waals surface area contributed by atoms with Crippen LogP contribution < -0.4 is 4.90 Å². The van der Waals surface area contributed by atoms with Gasteiger partial charge in [0.05, 0.1) is 11.5 Å². The van der Waals surface area contributed by atoms with Crippen molar-refractivity contribution < 1.29 is 0 Å². The number of nitrogens with zero attached hydrogens (tertiary/aromatic N) is 2. The van der Waals surface area contributed by atoms with Crippen LogP contribution in [0.3, 0.4) is 0 Å². The Kier molecular flexibility index (Phi) is 5.22. The molecular formula is C16H24N2. The first-order valence-corrected chi connectivity index (χ1v) is 6.64. The normalized spacial score (nSPS) is 11.1. The van der Waals surface area contributed by atoms with E-state index in [0.717, 1.165) is 25.8 Å². The molecule has 0 aromatic heterocycles. The highest BCUT2D eigenvalue weighted by molar-refractivity contribution is 5.46. The summed E-state index contributed by atoms with van der Waals surface area (Å²) in [5.74, 6) is 0. The third kappa shape index (κ3) is 4.79. The number of nitriles is 1. The monoisotopic (exact) mass is 244 g/mol. The highest BCUT2D eigenvalue weighted by atomic mass is 15.1. The minimum atomic E-state index is -0.178. The van der Waals surface area contributed by atoms with Gasteiger partial charge in [0, 0.05) is 19.3 Å². The van der Waals surface area contributed by atoms with Crippen LogP contribution in [0.5, 0.6) is 0 Å². The van der Waals surface area contributed by atoms with Gasteiger partial charge in [0.25, 0.3) is 0 Å². The lowest BCUT2D eigenvalue weighted by atomic mass is 9.89. The molecule has 0 N–H and O–H groups in total. The van der Waals surface area contributed by atoms with Crippen LogP contribution in [-0.2, 0) is 0 Å². The van der Waals surface area contributed by atoms with Crippen molar-refractivity contribution in [2.45, 2.75) is 40.0 Å². The average molecular weight is 244 g/mol. The number of unbranched alkanes of at least 4 members (excludes halogenated alkanes) is 1. The zero-order chi connectivity index (χ0) is 13.6. The Morgan fingerprint density at radius 2 is 1.78 bits per heavy atom. The van der Waals surface area contributed by atoms with Crippen molar-refractivity contribution in [3.8, 4) is 6.07 Å². The summed E-state index contributed by atoms with van der Waals surface area (Å²) in [6.45, 7) is 7.17. The van der Waals surface area contributed by atoms with E-state index in [-0.39, 0.29) is 5.41 Å². The fourth-order valence-electron chi connectivity index (χ4n) is 1.90. The molecule has 98 valence electrons. The zero-order valence-corrected chi connectivity index (χ0v) is 12.0. The molecule has 2 nitrogen and oxygen atoms in total. The van der Waals surface area contributed by atoms with Crippen LogP contribution in [0.1, 0.15) is 38.7 Å². The minimum absolute atomic E-state index is 0.178. The van der Waals surface area contributed by atoms with Gasteiger partial charge in [-0.05, 0) is 45.7 Å². The highest BCUT2D eigenvalue weighted by Crippen LogP contribution is 2.22. The molecule has 1 rings (SSSR count). The van der Waals surface area contributed by atoms with E-state index in [1.807, 2.05) is 13.8 Å². The van der Waals surface area contributed by atoms with Crippen molar-refractivity contribution in [1.29, 1.82) is 5.26 Å². The van der Waals surface area contributed by atoms with E-state index in [1.54, 1.807) is 0 Å². The Morgan fingerprint density at radius 3 is 2.33 bits per heavy atom. The topological polar surface area (TPSA) is 27.0 Å².